The monoisotopic (exact) mass is 339 g/mol. The van der Waals surface area contributed by atoms with Crippen LogP contribution in [0.25, 0.3) is 0 Å². The minimum atomic E-state index is -0.120. The van der Waals surface area contributed by atoms with Crippen LogP contribution in [0.5, 0.6) is 0 Å². The zero-order valence-electron chi connectivity index (χ0n) is 10.5. The third-order valence-electron chi connectivity index (χ3n) is 3.46. The Bertz CT molecular complexity index is 551. The minimum absolute atomic E-state index is 0.120. The van der Waals surface area contributed by atoms with Gasteiger partial charge in [0, 0.05) is 29.2 Å². The molecule has 2 aromatic rings. The lowest BCUT2D eigenvalue weighted by atomic mass is 10.1. The lowest BCUT2D eigenvalue weighted by Gasteiger charge is -2.26. The van der Waals surface area contributed by atoms with Gasteiger partial charge in [-0.2, -0.15) is 11.3 Å². The summed E-state index contributed by atoms with van der Waals surface area (Å²) in [5.41, 5.74) is 3.11. The number of hydrogen-bond donors (Lipinski definition) is 0. The Labute approximate surface area is 125 Å². The van der Waals surface area contributed by atoms with E-state index in [1.165, 1.54) is 24.5 Å². The first-order valence-corrected chi connectivity index (χ1v) is 8.47. The molecule has 1 aliphatic rings. The van der Waals surface area contributed by atoms with E-state index in [1.54, 1.807) is 17.4 Å². The molecular formula is C15H15BrFNS. The highest BCUT2D eigenvalue weighted by Gasteiger charge is 2.31. The van der Waals surface area contributed by atoms with Crippen LogP contribution in [0.2, 0.25) is 0 Å². The van der Waals surface area contributed by atoms with Gasteiger partial charge in [-0.15, -0.1) is 0 Å². The molecule has 1 aromatic heterocycles. The molecule has 19 heavy (non-hydrogen) atoms. The molecule has 1 nitrogen and oxygen atoms in total. The Kier molecular flexibility index (Phi) is 3.89. The SMILES string of the molecule is Fc1cccc(N(Cc2ccsc2)C2CC2)c1CBr. The van der Waals surface area contributed by atoms with Crippen molar-refractivity contribution in [1.82, 2.24) is 0 Å². The summed E-state index contributed by atoms with van der Waals surface area (Å²) in [4.78, 5) is 2.35. The first kappa shape index (κ1) is 13.1. The van der Waals surface area contributed by atoms with E-state index in [0.717, 1.165) is 17.8 Å². The van der Waals surface area contributed by atoms with E-state index in [-0.39, 0.29) is 5.82 Å². The van der Waals surface area contributed by atoms with Crippen molar-refractivity contribution in [3.8, 4) is 0 Å². The number of alkyl halides is 1. The highest BCUT2D eigenvalue weighted by Crippen LogP contribution is 2.36. The van der Waals surface area contributed by atoms with Gasteiger partial charge < -0.3 is 4.90 Å². The van der Waals surface area contributed by atoms with Crippen LogP contribution in [-0.2, 0) is 11.9 Å². The summed E-state index contributed by atoms with van der Waals surface area (Å²) in [6.45, 7) is 0.873. The molecule has 0 atom stereocenters. The Morgan fingerprint density at radius 3 is 2.79 bits per heavy atom. The predicted molar refractivity (Wildman–Crippen MR) is 82.6 cm³/mol. The third kappa shape index (κ3) is 2.84. The van der Waals surface area contributed by atoms with E-state index >= 15 is 0 Å². The molecule has 1 saturated carbocycles. The minimum Gasteiger partial charge on any atom is -0.364 e. The van der Waals surface area contributed by atoms with Gasteiger partial charge in [0.15, 0.2) is 0 Å². The molecular weight excluding hydrogens is 325 g/mol. The lowest BCUT2D eigenvalue weighted by Crippen LogP contribution is -2.26. The number of thiophene rings is 1. The fourth-order valence-electron chi connectivity index (χ4n) is 2.33. The molecule has 100 valence electrons. The summed E-state index contributed by atoms with van der Waals surface area (Å²) in [7, 11) is 0. The van der Waals surface area contributed by atoms with Crippen molar-refractivity contribution < 1.29 is 4.39 Å². The molecule has 1 aromatic carbocycles. The third-order valence-corrected chi connectivity index (χ3v) is 4.75. The largest absolute Gasteiger partial charge is 0.364 e. The maximum Gasteiger partial charge on any atom is 0.129 e. The number of nitrogens with zero attached hydrogens (tertiary/aromatic N) is 1. The average molecular weight is 340 g/mol. The second kappa shape index (κ2) is 5.63. The molecule has 0 spiro atoms. The van der Waals surface area contributed by atoms with Gasteiger partial charge in [-0.05, 0) is 47.4 Å². The number of benzene rings is 1. The Hall–Kier alpha value is -0.870. The summed E-state index contributed by atoms with van der Waals surface area (Å²) in [6.07, 6.45) is 2.42. The predicted octanol–water partition coefficient (Wildman–Crippen LogP) is 4.95. The Morgan fingerprint density at radius 1 is 1.32 bits per heavy atom. The van der Waals surface area contributed by atoms with Crippen molar-refractivity contribution in [1.29, 1.82) is 0 Å². The number of halogens is 2. The van der Waals surface area contributed by atoms with Crippen LogP contribution in [0, 0.1) is 5.82 Å². The Balaban J connectivity index is 1.94. The maximum absolute atomic E-state index is 13.9. The highest BCUT2D eigenvalue weighted by molar-refractivity contribution is 9.08. The maximum atomic E-state index is 13.9. The molecule has 1 aliphatic carbocycles. The summed E-state index contributed by atoms with van der Waals surface area (Å²) in [5, 5.41) is 4.82. The normalized spacial score (nSPS) is 14.6. The van der Waals surface area contributed by atoms with Gasteiger partial charge in [-0.1, -0.05) is 22.0 Å². The topological polar surface area (TPSA) is 3.24 Å². The molecule has 0 radical (unpaired) electrons. The van der Waals surface area contributed by atoms with E-state index in [1.807, 2.05) is 6.07 Å². The van der Waals surface area contributed by atoms with Crippen LogP contribution in [-0.4, -0.2) is 6.04 Å². The van der Waals surface area contributed by atoms with Gasteiger partial charge >= 0.3 is 0 Å². The van der Waals surface area contributed by atoms with Crippen LogP contribution in [0.4, 0.5) is 10.1 Å². The number of rotatable bonds is 5. The van der Waals surface area contributed by atoms with Gasteiger partial charge in [-0.25, -0.2) is 4.39 Å². The van der Waals surface area contributed by atoms with Gasteiger partial charge in [0.05, 0.1) is 0 Å². The molecule has 0 aliphatic heterocycles. The van der Waals surface area contributed by atoms with Gasteiger partial charge in [0.1, 0.15) is 5.82 Å². The second-order valence-corrected chi connectivity index (χ2v) is 6.20. The van der Waals surface area contributed by atoms with E-state index in [9.17, 15) is 4.39 Å². The molecule has 4 heteroatoms. The zero-order valence-corrected chi connectivity index (χ0v) is 12.9. The van der Waals surface area contributed by atoms with Crippen molar-refractivity contribution in [2.75, 3.05) is 4.90 Å². The van der Waals surface area contributed by atoms with Crippen LogP contribution in [0.3, 0.4) is 0 Å². The van der Waals surface area contributed by atoms with Crippen molar-refractivity contribution in [3.05, 3.63) is 52.0 Å². The fourth-order valence-corrected chi connectivity index (χ4v) is 3.54. The average Bonchev–Trinajstić information content (AvgIpc) is 3.13. The first-order chi connectivity index (χ1) is 9.29. The smallest absolute Gasteiger partial charge is 0.129 e. The molecule has 0 unspecified atom stereocenters. The summed E-state index contributed by atoms with van der Waals surface area (Å²) in [6, 6.07) is 8.09. The van der Waals surface area contributed by atoms with Crippen LogP contribution < -0.4 is 4.90 Å². The summed E-state index contributed by atoms with van der Waals surface area (Å²) >= 11 is 5.12. The molecule has 1 heterocycles. The van der Waals surface area contributed by atoms with Gasteiger partial charge in [0.2, 0.25) is 0 Å². The number of anilines is 1. The van der Waals surface area contributed by atoms with Crippen LogP contribution in [0.15, 0.2) is 35.0 Å². The molecule has 0 N–H and O–H groups in total. The van der Waals surface area contributed by atoms with Crippen LogP contribution in [0.1, 0.15) is 24.0 Å². The molecule has 0 saturated heterocycles. The van der Waals surface area contributed by atoms with Gasteiger partial charge in [-0.3, -0.25) is 0 Å². The van der Waals surface area contributed by atoms with Crippen molar-refractivity contribution in [2.24, 2.45) is 0 Å². The van der Waals surface area contributed by atoms with E-state index in [4.69, 9.17) is 0 Å². The highest BCUT2D eigenvalue weighted by atomic mass is 79.9. The standard InChI is InChI=1S/C15H15BrFNS/c16-8-13-14(17)2-1-3-15(13)18(12-4-5-12)9-11-6-7-19-10-11/h1-3,6-7,10,12H,4-5,8-9H2. The fraction of sp³-hybridized carbons (Fsp3) is 0.333. The zero-order chi connectivity index (χ0) is 13.2. The van der Waals surface area contributed by atoms with Crippen LogP contribution >= 0.6 is 27.3 Å². The molecule has 0 amide bonds. The number of hydrogen-bond acceptors (Lipinski definition) is 2. The quantitative estimate of drug-likeness (QED) is 0.696. The molecule has 1 fully saturated rings. The second-order valence-electron chi connectivity index (χ2n) is 4.86. The van der Waals surface area contributed by atoms with Crippen molar-refractivity contribution >= 4 is 33.0 Å². The summed E-state index contributed by atoms with van der Waals surface area (Å²) < 4.78 is 13.9. The van der Waals surface area contributed by atoms with Gasteiger partial charge in [0.25, 0.3) is 0 Å². The first-order valence-electron chi connectivity index (χ1n) is 6.40. The van der Waals surface area contributed by atoms with E-state index < -0.39 is 0 Å². The van der Waals surface area contributed by atoms with Crippen molar-refractivity contribution in [2.45, 2.75) is 30.8 Å². The molecule has 3 rings (SSSR count). The van der Waals surface area contributed by atoms with E-state index in [2.05, 4.69) is 37.7 Å². The van der Waals surface area contributed by atoms with Crippen molar-refractivity contribution in [3.63, 3.8) is 0 Å². The Morgan fingerprint density at radius 2 is 2.16 bits per heavy atom. The summed E-state index contributed by atoms with van der Waals surface area (Å²) in [5.74, 6) is -0.120. The molecule has 0 bridgehead atoms. The lowest BCUT2D eigenvalue weighted by molar-refractivity contribution is 0.615. The van der Waals surface area contributed by atoms with E-state index in [0.29, 0.717) is 11.4 Å².